The molecule has 8 rings (SSSR count). The van der Waals surface area contributed by atoms with Crippen molar-refractivity contribution in [3.8, 4) is 11.1 Å². The summed E-state index contributed by atoms with van der Waals surface area (Å²) in [6, 6.07) is 15.2. The van der Waals surface area contributed by atoms with Crippen LogP contribution in [0.3, 0.4) is 0 Å². The summed E-state index contributed by atoms with van der Waals surface area (Å²) in [7, 11) is 2.03. The van der Waals surface area contributed by atoms with E-state index in [1.165, 1.54) is 35.0 Å². The molecule has 1 saturated heterocycles. The SMILES string of the molecule is Cn1nc(C2CC2)c2cc(-c3ccc(C4=NC5(CC5)C(=O)N4CC4CCN(C(=O)C5CC5)C4)cc3)ccc21. The molecule has 5 aliphatic rings. The van der Waals surface area contributed by atoms with Crippen molar-refractivity contribution in [1.82, 2.24) is 19.6 Å². The topological polar surface area (TPSA) is 70.8 Å². The van der Waals surface area contributed by atoms with Crippen LogP contribution in [-0.4, -0.2) is 62.4 Å². The van der Waals surface area contributed by atoms with Gasteiger partial charge in [-0.05, 0) is 74.1 Å². The van der Waals surface area contributed by atoms with Crippen LogP contribution in [0.2, 0.25) is 0 Å². The van der Waals surface area contributed by atoms with Crippen molar-refractivity contribution >= 4 is 28.6 Å². The molecule has 7 heteroatoms. The zero-order valence-corrected chi connectivity index (χ0v) is 21.9. The maximum atomic E-state index is 13.4. The summed E-state index contributed by atoms with van der Waals surface area (Å²) >= 11 is 0. The van der Waals surface area contributed by atoms with Gasteiger partial charge in [-0.15, -0.1) is 0 Å². The number of aliphatic imine (C=N–C) groups is 1. The van der Waals surface area contributed by atoms with Crippen molar-refractivity contribution < 1.29 is 9.59 Å². The number of hydrogen-bond acceptors (Lipinski definition) is 4. The van der Waals surface area contributed by atoms with Crippen molar-refractivity contribution in [2.75, 3.05) is 19.6 Å². The van der Waals surface area contributed by atoms with Crippen LogP contribution in [0, 0.1) is 11.8 Å². The van der Waals surface area contributed by atoms with Crippen molar-refractivity contribution in [3.05, 3.63) is 53.7 Å². The Hall–Kier alpha value is -3.48. The number of carbonyl (C=O) groups is 2. The van der Waals surface area contributed by atoms with Crippen molar-refractivity contribution in [3.63, 3.8) is 0 Å². The van der Waals surface area contributed by atoms with E-state index >= 15 is 0 Å². The van der Waals surface area contributed by atoms with E-state index in [1.807, 2.05) is 21.5 Å². The van der Waals surface area contributed by atoms with Crippen LogP contribution in [0.25, 0.3) is 22.0 Å². The lowest BCUT2D eigenvalue weighted by Gasteiger charge is -2.23. The van der Waals surface area contributed by atoms with Crippen LogP contribution in [0.15, 0.2) is 47.5 Å². The quantitative estimate of drug-likeness (QED) is 0.493. The van der Waals surface area contributed by atoms with Gasteiger partial charge in [0.1, 0.15) is 11.4 Å². The largest absolute Gasteiger partial charge is 0.342 e. The molecule has 38 heavy (non-hydrogen) atoms. The van der Waals surface area contributed by atoms with Crippen LogP contribution in [0.5, 0.6) is 0 Å². The third-order valence-electron chi connectivity index (χ3n) is 9.23. The molecule has 3 heterocycles. The first kappa shape index (κ1) is 22.5. The van der Waals surface area contributed by atoms with Gasteiger partial charge < -0.3 is 4.90 Å². The van der Waals surface area contributed by atoms with Gasteiger partial charge in [0.15, 0.2) is 0 Å². The van der Waals surface area contributed by atoms with Gasteiger partial charge in [0.25, 0.3) is 5.91 Å². The zero-order valence-electron chi connectivity index (χ0n) is 21.9. The number of nitrogens with zero attached hydrogens (tertiary/aromatic N) is 5. The Labute approximate surface area is 222 Å². The minimum atomic E-state index is -0.527. The average Bonchev–Trinajstić information content (AvgIpc) is 3.85. The molecule has 1 atom stereocenters. The van der Waals surface area contributed by atoms with E-state index < -0.39 is 5.54 Å². The van der Waals surface area contributed by atoms with Crippen LogP contribution in [0.4, 0.5) is 0 Å². The van der Waals surface area contributed by atoms with E-state index in [0.717, 1.165) is 62.2 Å². The Morgan fingerprint density at radius 2 is 1.71 bits per heavy atom. The molecule has 1 aromatic heterocycles. The Balaban J connectivity index is 1.05. The summed E-state index contributed by atoms with van der Waals surface area (Å²) < 4.78 is 2.00. The van der Waals surface area contributed by atoms with E-state index in [1.54, 1.807) is 0 Å². The molecule has 0 N–H and O–H groups in total. The molecule has 4 fully saturated rings. The van der Waals surface area contributed by atoms with Gasteiger partial charge in [-0.2, -0.15) is 5.10 Å². The number of likely N-dealkylation sites (tertiary alicyclic amines) is 1. The Morgan fingerprint density at radius 3 is 2.42 bits per heavy atom. The van der Waals surface area contributed by atoms with Gasteiger partial charge in [0.05, 0.1) is 11.2 Å². The highest BCUT2D eigenvalue weighted by atomic mass is 16.2. The second-order valence-electron chi connectivity index (χ2n) is 12.2. The number of aromatic nitrogens is 2. The number of hydrogen-bond donors (Lipinski definition) is 0. The second-order valence-corrected chi connectivity index (χ2v) is 12.2. The number of amidine groups is 1. The van der Waals surface area contributed by atoms with Gasteiger partial charge in [0, 0.05) is 49.5 Å². The highest BCUT2D eigenvalue weighted by Gasteiger charge is 2.57. The molecule has 1 spiro atoms. The number of amides is 2. The Morgan fingerprint density at radius 1 is 0.974 bits per heavy atom. The third-order valence-corrected chi connectivity index (χ3v) is 9.23. The lowest BCUT2D eigenvalue weighted by Crippen LogP contribution is -2.40. The standard InChI is InChI=1S/C31H33N5O2/c1-34-26-11-10-24(16-25(26)27(33-34)21-4-5-21)20-2-6-22(7-3-20)28-32-31(13-14-31)30(38)36(28)18-19-12-15-35(17-19)29(37)23-8-9-23/h2-3,6-7,10-11,16,19,21,23H,4-5,8-9,12-15,17-18H2,1H3. The molecule has 3 aromatic rings. The Kier molecular flexibility index (Phi) is 4.74. The normalized spacial score (nSPS) is 24.1. The average molecular weight is 508 g/mol. The van der Waals surface area contributed by atoms with Crippen LogP contribution in [0.1, 0.15) is 62.1 Å². The minimum absolute atomic E-state index is 0.151. The summed E-state index contributed by atoms with van der Waals surface area (Å²) in [4.78, 5) is 34.9. The lowest BCUT2D eigenvalue weighted by atomic mass is 10.0. The molecule has 194 valence electrons. The molecule has 0 bridgehead atoms. The third kappa shape index (κ3) is 3.62. The van der Waals surface area contributed by atoms with Crippen LogP contribution < -0.4 is 0 Å². The van der Waals surface area contributed by atoms with E-state index in [4.69, 9.17) is 10.1 Å². The molecular weight excluding hydrogens is 474 g/mol. The number of fused-ring (bicyclic) bond motifs is 1. The van der Waals surface area contributed by atoms with Crippen molar-refractivity contribution in [1.29, 1.82) is 0 Å². The van der Waals surface area contributed by atoms with Gasteiger partial charge in [-0.25, -0.2) is 0 Å². The second kappa shape index (κ2) is 8.01. The number of carbonyl (C=O) groups excluding carboxylic acids is 2. The first-order valence-electron chi connectivity index (χ1n) is 14.3. The maximum Gasteiger partial charge on any atom is 0.256 e. The highest BCUT2D eigenvalue weighted by molar-refractivity contribution is 6.16. The molecule has 2 aliphatic heterocycles. The molecular formula is C31H33N5O2. The first-order chi connectivity index (χ1) is 18.5. The van der Waals surface area contributed by atoms with Crippen LogP contribution in [-0.2, 0) is 16.6 Å². The molecule has 7 nitrogen and oxygen atoms in total. The minimum Gasteiger partial charge on any atom is -0.342 e. The summed E-state index contributed by atoms with van der Waals surface area (Å²) in [6.07, 6.45) is 7.19. The Bertz CT molecular complexity index is 1510. The summed E-state index contributed by atoms with van der Waals surface area (Å²) in [5, 5.41) is 6.06. The van der Waals surface area contributed by atoms with Gasteiger partial charge in [-0.1, -0.05) is 30.3 Å². The first-order valence-corrected chi connectivity index (χ1v) is 14.3. The zero-order chi connectivity index (χ0) is 25.6. The van der Waals surface area contributed by atoms with Gasteiger partial charge >= 0.3 is 0 Å². The monoisotopic (exact) mass is 507 g/mol. The fraction of sp³-hybridized carbons (Fsp3) is 0.484. The lowest BCUT2D eigenvalue weighted by molar-refractivity contribution is -0.131. The molecule has 3 aliphatic carbocycles. The smallest absolute Gasteiger partial charge is 0.256 e. The molecule has 2 amide bonds. The number of rotatable bonds is 6. The van der Waals surface area contributed by atoms with E-state index in [0.29, 0.717) is 24.3 Å². The fourth-order valence-electron chi connectivity index (χ4n) is 6.46. The van der Waals surface area contributed by atoms with Crippen molar-refractivity contribution in [2.45, 2.75) is 56.4 Å². The number of aryl methyl sites for hydroxylation is 1. The van der Waals surface area contributed by atoms with E-state index in [2.05, 4.69) is 42.5 Å². The molecule has 3 saturated carbocycles. The molecule has 2 aromatic carbocycles. The predicted molar refractivity (Wildman–Crippen MR) is 146 cm³/mol. The van der Waals surface area contributed by atoms with Crippen LogP contribution >= 0.6 is 0 Å². The van der Waals surface area contributed by atoms with Crippen molar-refractivity contribution in [2.24, 2.45) is 23.9 Å². The predicted octanol–water partition coefficient (Wildman–Crippen LogP) is 4.50. The molecule has 0 radical (unpaired) electrons. The maximum absolute atomic E-state index is 13.4. The van der Waals surface area contributed by atoms with E-state index in [9.17, 15) is 9.59 Å². The summed E-state index contributed by atoms with van der Waals surface area (Å²) in [5.74, 6) is 2.45. The van der Waals surface area contributed by atoms with Gasteiger partial charge in [-0.3, -0.25) is 24.2 Å². The summed E-state index contributed by atoms with van der Waals surface area (Å²) in [5.41, 5.74) is 5.22. The fourth-order valence-corrected chi connectivity index (χ4v) is 6.46. The van der Waals surface area contributed by atoms with E-state index in [-0.39, 0.29) is 11.8 Å². The summed E-state index contributed by atoms with van der Waals surface area (Å²) in [6.45, 7) is 2.23. The molecule has 1 unspecified atom stereocenters. The number of benzene rings is 2. The van der Waals surface area contributed by atoms with Gasteiger partial charge in [0.2, 0.25) is 5.91 Å². The highest BCUT2D eigenvalue weighted by Crippen LogP contribution is 2.47.